The lowest BCUT2D eigenvalue weighted by atomic mass is 10.1. The van der Waals surface area contributed by atoms with Crippen LogP contribution in [0.2, 0.25) is 0 Å². The molecule has 0 saturated heterocycles. The van der Waals surface area contributed by atoms with Gasteiger partial charge in [0.15, 0.2) is 0 Å². The predicted octanol–water partition coefficient (Wildman–Crippen LogP) is 3.21. The average molecular weight is 242 g/mol. The van der Waals surface area contributed by atoms with E-state index >= 15 is 0 Å². The van der Waals surface area contributed by atoms with E-state index in [-0.39, 0.29) is 5.91 Å². The maximum absolute atomic E-state index is 12.5. The predicted molar refractivity (Wildman–Crippen MR) is 74.7 cm³/mol. The Kier molecular flexibility index (Phi) is 3.51. The van der Waals surface area contributed by atoms with Crippen LogP contribution in [-0.4, -0.2) is 28.9 Å². The molecule has 0 spiro atoms. The van der Waals surface area contributed by atoms with Gasteiger partial charge in [0.2, 0.25) is 0 Å². The van der Waals surface area contributed by atoms with Gasteiger partial charge in [0.25, 0.3) is 5.91 Å². The Bertz CT molecular complexity index is 583. The van der Waals surface area contributed by atoms with Crippen molar-refractivity contribution >= 4 is 16.8 Å². The first-order valence-corrected chi connectivity index (χ1v) is 6.13. The minimum absolute atomic E-state index is 0.0496. The Balaban J connectivity index is 2.37. The summed E-state index contributed by atoms with van der Waals surface area (Å²) in [6.07, 6.45) is 1.86. The molecule has 0 unspecified atom stereocenters. The molecule has 2 rings (SSSR count). The van der Waals surface area contributed by atoms with E-state index in [0.717, 1.165) is 22.0 Å². The molecule has 2 aromatic rings. The number of fused-ring (bicyclic) bond motifs is 1. The first-order chi connectivity index (χ1) is 8.63. The van der Waals surface area contributed by atoms with Crippen LogP contribution < -0.4 is 0 Å². The summed E-state index contributed by atoms with van der Waals surface area (Å²) in [5, 5.41) is 1.06. The van der Waals surface area contributed by atoms with Crippen molar-refractivity contribution in [3.05, 3.63) is 48.2 Å². The van der Waals surface area contributed by atoms with Gasteiger partial charge in [-0.25, -0.2) is 0 Å². The van der Waals surface area contributed by atoms with Crippen LogP contribution in [0.5, 0.6) is 0 Å². The number of likely N-dealkylation sites (N-methyl/N-ethyl adjacent to an activating group) is 1. The number of carbonyl (C=O) groups is 1. The molecule has 18 heavy (non-hydrogen) atoms. The number of rotatable bonds is 4. The van der Waals surface area contributed by atoms with E-state index in [2.05, 4.69) is 11.6 Å². The second kappa shape index (κ2) is 5.08. The van der Waals surface area contributed by atoms with E-state index in [0.29, 0.717) is 13.1 Å². The fraction of sp³-hybridized carbons (Fsp3) is 0.267. The van der Waals surface area contributed by atoms with E-state index in [1.165, 1.54) is 0 Å². The fourth-order valence-electron chi connectivity index (χ4n) is 2.09. The number of aromatic amines is 1. The molecule has 1 N–H and O–H groups in total. The highest BCUT2D eigenvalue weighted by molar-refractivity contribution is 6.05. The van der Waals surface area contributed by atoms with Crippen molar-refractivity contribution in [3.63, 3.8) is 0 Å². The number of carbonyl (C=O) groups excluding carboxylic acids is 1. The molecule has 1 aromatic carbocycles. The molecule has 0 aliphatic heterocycles. The Morgan fingerprint density at radius 1 is 1.39 bits per heavy atom. The van der Waals surface area contributed by atoms with Gasteiger partial charge in [-0.2, -0.15) is 0 Å². The maximum atomic E-state index is 12.5. The highest BCUT2D eigenvalue weighted by Gasteiger charge is 2.16. The Labute approximate surface area is 107 Å². The van der Waals surface area contributed by atoms with Crippen LogP contribution in [0.15, 0.2) is 42.6 Å². The van der Waals surface area contributed by atoms with E-state index in [9.17, 15) is 4.79 Å². The normalized spacial score (nSPS) is 10.6. The maximum Gasteiger partial charge on any atom is 0.256 e. The van der Waals surface area contributed by atoms with Gasteiger partial charge in [-0.05, 0) is 26.0 Å². The zero-order valence-electron chi connectivity index (χ0n) is 10.9. The number of para-hydroxylation sites is 1. The highest BCUT2D eigenvalue weighted by Crippen LogP contribution is 2.18. The molecular formula is C15H18N2O. The molecule has 0 fully saturated rings. The molecule has 1 aromatic heterocycles. The first-order valence-electron chi connectivity index (χ1n) is 6.13. The van der Waals surface area contributed by atoms with Crippen molar-refractivity contribution in [2.75, 3.05) is 13.1 Å². The quantitative estimate of drug-likeness (QED) is 0.821. The largest absolute Gasteiger partial charge is 0.361 e. The monoisotopic (exact) mass is 242 g/mol. The summed E-state index contributed by atoms with van der Waals surface area (Å²) < 4.78 is 0. The van der Waals surface area contributed by atoms with Gasteiger partial charge >= 0.3 is 0 Å². The summed E-state index contributed by atoms with van der Waals surface area (Å²) in [5.41, 5.74) is 2.62. The lowest BCUT2D eigenvalue weighted by Gasteiger charge is -2.21. The molecule has 3 heteroatoms. The van der Waals surface area contributed by atoms with Gasteiger partial charge in [0.05, 0.1) is 11.1 Å². The van der Waals surface area contributed by atoms with Crippen LogP contribution in [-0.2, 0) is 0 Å². The second-order valence-corrected chi connectivity index (χ2v) is 4.52. The molecule has 0 bridgehead atoms. The van der Waals surface area contributed by atoms with E-state index < -0.39 is 0 Å². The van der Waals surface area contributed by atoms with Gasteiger partial charge in [-0.1, -0.05) is 24.3 Å². The van der Waals surface area contributed by atoms with Gasteiger partial charge < -0.3 is 9.88 Å². The second-order valence-electron chi connectivity index (χ2n) is 4.52. The van der Waals surface area contributed by atoms with Crippen molar-refractivity contribution in [2.24, 2.45) is 0 Å². The smallest absolute Gasteiger partial charge is 0.256 e. The summed E-state index contributed by atoms with van der Waals surface area (Å²) in [5.74, 6) is 0.0496. The minimum atomic E-state index is 0.0496. The number of H-pyrrole nitrogens is 1. The molecule has 94 valence electrons. The molecule has 0 atom stereocenters. The average Bonchev–Trinajstić information content (AvgIpc) is 2.82. The van der Waals surface area contributed by atoms with Crippen molar-refractivity contribution in [1.29, 1.82) is 0 Å². The highest BCUT2D eigenvalue weighted by atomic mass is 16.2. The van der Waals surface area contributed by atoms with Crippen LogP contribution in [0.3, 0.4) is 0 Å². The molecule has 1 heterocycles. The Hall–Kier alpha value is -2.03. The van der Waals surface area contributed by atoms with Crippen LogP contribution in [0.1, 0.15) is 24.2 Å². The lowest BCUT2D eigenvalue weighted by Crippen LogP contribution is -2.32. The molecule has 0 aliphatic rings. The van der Waals surface area contributed by atoms with Gasteiger partial charge in [-0.3, -0.25) is 4.79 Å². The Morgan fingerprint density at radius 3 is 2.83 bits per heavy atom. The van der Waals surface area contributed by atoms with Crippen LogP contribution in [0.4, 0.5) is 0 Å². The molecule has 0 saturated carbocycles. The van der Waals surface area contributed by atoms with Crippen LogP contribution in [0, 0.1) is 0 Å². The standard InChI is InChI=1S/C15H18N2O/c1-4-17(10-11(2)3)15(18)13-7-5-6-12-8-9-16-14(12)13/h5-9,16H,2,4,10H2,1,3H3. The first kappa shape index (κ1) is 12.4. The minimum Gasteiger partial charge on any atom is -0.361 e. The lowest BCUT2D eigenvalue weighted by molar-refractivity contribution is 0.0780. The number of amides is 1. The molecule has 0 aliphatic carbocycles. The third kappa shape index (κ3) is 2.30. The van der Waals surface area contributed by atoms with Crippen molar-refractivity contribution in [1.82, 2.24) is 9.88 Å². The number of benzene rings is 1. The SMILES string of the molecule is C=C(C)CN(CC)C(=O)c1cccc2cc[nH]c12. The molecule has 0 radical (unpaired) electrons. The Morgan fingerprint density at radius 2 is 2.17 bits per heavy atom. The van der Waals surface area contributed by atoms with E-state index in [1.54, 1.807) is 4.90 Å². The van der Waals surface area contributed by atoms with Crippen molar-refractivity contribution < 1.29 is 4.79 Å². The number of nitrogens with zero attached hydrogens (tertiary/aromatic N) is 1. The summed E-state index contributed by atoms with van der Waals surface area (Å²) in [7, 11) is 0. The van der Waals surface area contributed by atoms with Crippen LogP contribution in [0.25, 0.3) is 10.9 Å². The van der Waals surface area contributed by atoms with Crippen LogP contribution >= 0.6 is 0 Å². The molecule has 3 nitrogen and oxygen atoms in total. The van der Waals surface area contributed by atoms with Gasteiger partial charge in [0.1, 0.15) is 0 Å². The van der Waals surface area contributed by atoms with Crippen molar-refractivity contribution in [3.8, 4) is 0 Å². The summed E-state index contributed by atoms with van der Waals surface area (Å²) in [6.45, 7) is 9.07. The summed E-state index contributed by atoms with van der Waals surface area (Å²) in [4.78, 5) is 17.4. The van der Waals surface area contributed by atoms with Crippen molar-refractivity contribution in [2.45, 2.75) is 13.8 Å². The van der Waals surface area contributed by atoms with Gasteiger partial charge in [-0.15, -0.1) is 0 Å². The summed E-state index contributed by atoms with van der Waals surface area (Å²) >= 11 is 0. The summed E-state index contributed by atoms with van der Waals surface area (Å²) in [6, 6.07) is 7.75. The molecular weight excluding hydrogens is 224 g/mol. The zero-order valence-corrected chi connectivity index (χ0v) is 10.9. The zero-order chi connectivity index (χ0) is 13.1. The van der Waals surface area contributed by atoms with Gasteiger partial charge in [0, 0.05) is 24.7 Å². The fourth-order valence-corrected chi connectivity index (χ4v) is 2.09. The number of hydrogen-bond acceptors (Lipinski definition) is 1. The number of hydrogen-bond donors (Lipinski definition) is 1. The van der Waals surface area contributed by atoms with E-state index in [1.807, 2.05) is 44.3 Å². The number of aromatic nitrogens is 1. The third-order valence-electron chi connectivity index (χ3n) is 2.95. The topological polar surface area (TPSA) is 36.1 Å². The third-order valence-corrected chi connectivity index (χ3v) is 2.95. The van der Waals surface area contributed by atoms with E-state index in [4.69, 9.17) is 0 Å². The molecule has 1 amide bonds. The number of nitrogens with one attached hydrogen (secondary N) is 1.